The van der Waals surface area contributed by atoms with Gasteiger partial charge in [-0.2, -0.15) is 0 Å². The lowest BCUT2D eigenvalue weighted by Gasteiger charge is -2.43. The SMILES string of the molecule is COCCCCc1cccc(-n2cc(C(=O)N(CC(C)C)[C@@H]3CNC[C@H](N4CCCNC4=O)C3)nn2)c1.Cl. The van der Waals surface area contributed by atoms with E-state index in [1.54, 1.807) is 18.0 Å². The quantitative estimate of drug-likeness (QED) is 0.419. The Balaban J connectivity index is 0.00000400. The fraction of sp³-hybridized carbons (Fsp3) is 0.630. The van der Waals surface area contributed by atoms with Gasteiger partial charge >= 0.3 is 6.03 Å². The van der Waals surface area contributed by atoms with E-state index in [9.17, 15) is 9.59 Å². The largest absolute Gasteiger partial charge is 0.385 e. The average Bonchev–Trinajstić information content (AvgIpc) is 3.40. The molecule has 0 unspecified atom stereocenters. The number of urea groups is 1. The number of unbranched alkanes of at least 4 members (excludes halogenated alkanes) is 1. The monoisotopic (exact) mass is 547 g/mol. The van der Waals surface area contributed by atoms with Crippen LogP contribution < -0.4 is 10.6 Å². The molecule has 0 radical (unpaired) electrons. The van der Waals surface area contributed by atoms with Gasteiger partial charge < -0.3 is 25.2 Å². The topological polar surface area (TPSA) is 105 Å². The smallest absolute Gasteiger partial charge is 0.317 e. The van der Waals surface area contributed by atoms with Crippen molar-refractivity contribution >= 4 is 24.3 Å². The molecular formula is C27H42ClN7O3. The van der Waals surface area contributed by atoms with Crippen LogP contribution in [0.3, 0.4) is 0 Å². The average molecular weight is 548 g/mol. The Kier molecular flexibility index (Phi) is 11.4. The summed E-state index contributed by atoms with van der Waals surface area (Å²) in [4.78, 5) is 30.0. The number of aromatic nitrogens is 3. The van der Waals surface area contributed by atoms with Crippen LogP contribution >= 0.6 is 12.4 Å². The predicted molar refractivity (Wildman–Crippen MR) is 149 cm³/mol. The van der Waals surface area contributed by atoms with E-state index in [4.69, 9.17) is 4.74 Å². The number of amides is 3. The Labute approximate surface area is 231 Å². The van der Waals surface area contributed by atoms with Gasteiger partial charge in [0.2, 0.25) is 0 Å². The number of aryl methyl sites for hydroxylation is 1. The molecule has 2 aromatic rings. The molecule has 10 nitrogen and oxygen atoms in total. The van der Waals surface area contributed by atoms with Crippen LogP contribution in [0.2, 0.25) is 0 Å². The minimum absolute atomic E-state index is 0. The second-order valence-corrected chi connectivity index (χ2v) is 10.5. The summed E-state index contributed by atoms with van der Waals surface area (Å²) in [6.45, 7) is 8.53. The van der Waals surface area contributed by atoms with Crippen LogP contribution in [-0.4, -0.2) is 95.3 Å². The number of piperidine rings is 1. The highest BCUT2D eigenvalue weighted by atomic mass is 35.5. The van der Waals surface area contributed by atoms with Crippen LogP contribution in [0.15, 0.2) is 30.5 Å². The standard InChI is InChI=1S/C27H41N7O3.ClH/c1-20(2)18-33(24-15-23(16-28-17-24)32-12-7-11-29-27(32)36)26(35)25-19-34(31-30-25)22-10-6-9-21(14-22)8-4-5-13-37-3;/h6,9-10,14,19-20,23-24,28H,4-5,7-8,11-13,15-18H2,1-3H3,(H,29,36);1H/t23-,24+;/m1./s1. The first-order valence-electron chi connectivity index (χ1n) is 13.5. The molecule has 0 bridgehead atoms. The number of ether oxygens (including phenoxy) is 1. The molecule has 38 heavy (non-hydrogen) atoms. The summed E-state index contributed by atoms with van der Waals surface area (Å²) in [6.07, 6.45) is 6.46. The van der Waals surface area contributed by atoms with E-state index >= 15 is 0 Å². The Morgan fingerprint density at radius 3 is 2.87 bits per heavy atom. The van der Waals surface area contributed by atoms with Gasteiger partial charge in [-0.15, -0.1) is 17.5 Å². The zero-order valence-electron chi connectivity index (χ0n) is 22.8. The van der Waals surface area contributed by atoms with E-state index in [1.165, 1.54) is 5.56 Å². The molecule has 1 aromatic carbocycles. The Morgan fingerprint density at radius 2 is 2.11 bits per heavy atom. The van der Waals surface area contributed by atoms with Crippen molar-refractivity contribution in [3.8, 4) is 5.69 Å². The van der Waals surface area contributed by atoms with Gasteiger partial charge in [0.05, 0.1) is 11.9 Å². The molecule has 0 saturated carbocycles. The van der Waals surface area contributed by atoms with Crippen molar-refractivity contribution in [2.75, 3.05) is 46.4 Å². The van der Waals surface area contributed by atoms with Crippen molar-refractivity contribution in [2.24, 2.45) is 5.92 Å². The number of carbonyl (C=O) groups excluding carboxylic acids is 2. The van der Waals surface area contributed by atoms with Gasteiger partial charge in [0.1, 0.15) is 0 Å². The number of benzene rings is 1. The third-order valence-corrected chi connectivity index (χ3v) is 7.07. The zero-order valence-corrected chi connectivity index (χ0v) is 23.6. The Hall–Kier alpha value is -2.69. The molecule has 210 valence electrons. The molecule has 4 rings (SSSR count). The van der Waals surface area contributed by atoms with Crippen molar-refractivity contribution < 1.29 is 14.3 Å². The number of nitrogens with one attached hydrogen (secondary N) is 2. The maximum atomic E-state index is 13.7. The summed E-state index contributed by atoms with van der Waals surface area (Å²) < 4.78 is 6.82. The first-order valence-corrected chi connectivity index (χ1v) is 13.5. The molecule has 3 heterocycles. The van der Waals surface area contributed by atoms with Crippen molar-refractivity contribution in [1.29, 1.82) is 0 Å². The van der Waals surface area contributed by atoms with Gasteiger partial charge in [0.15, 0.2) is 5.69 Å². The van der Waals surface area contributed by atoms with Crippen molar-refractivity contribution in [1.82, 2.24) is 35.4 Å². The number of rotatable bonds is 11. The number of hydrogen-bond donors (Lipinski definition) is 2. The molecule has 3 amide bonds. The summed E-state index contributed by atoms with van der Waals surface area (Å²) in [5.74, 6) is 0.179. The molecule has 2 fully saturated rings. The lowest BCUT2D eigenvalue weighted by Crippen LogP contribution is -2.61. The number of hydrogen-bond acceptors (Lipinski definition) is 6. The highest BCUT2D eigenvalue weighted by molar-refractivity contribution is 5.92. The van der Waals surface area contributed by atoms with Crippen molar-refractivity contribution in [3.05, 3.63) is 41.7 Å². The minimum Gasteiger partial charge on any atom is -0.385 e. The van der Waals surface area contributed by atoms with Crippen molar-refractivity contribution in [3.63, 3.8) is 0 Å². The molecule has 1 aromatic heterocycles. The van der Waals surface area contributed by atoms with Crippen molar-refractivity contribution in [2.45, 2.75) is 58.0 Å². The maximum Gasteiger partial charge on any atom is 0.317 e. The molecule has 2 aliphatic heterocycles. The third kappa shape index (κ3) is 7.68. The van der Waals surface area contributed by atoms with E-state index in [2.05, 4.69) is 46.9 Å². The number of nitrogens with zero attached hydrogens (tertiary/aromatic N) is 5. The van der Waals surface area contributed by atoms with Crippen LogP contribution in [0.5, 0.6) is 0 Å². The molecule has 11 heteroatoms. The molecule has 0 spiro atoms. The predicted octanol–water partition coefficient (Wildman–Crippen LogP) is 2.90. The Morgan fingerprint density at radius 1 is 1.26 bits per heavy atom. The van der Waals surface area contributed by atoms with E-state index in [0.29, 0.717) is 24.7 Å². The zero-order chi connectivity index (χ0) is 26.2. The normalized spacial score (nSPS) is 19.7. The maximum absolute atomic E-state index is 13.7. The third-order valence-electron chi connectivity index (χ3n) is 7.07. The van der Waals surface area contributed by atoms with Gasteiger partial charge in [-0.3, -0.25) is 4.79 Å². The summed E-state index contributed by atoms with van der Waals surface area (Å²) in [6, 6.07) is 8.23. The van der Waals surface area contributed by atoms with Gasteiger partial charge in [-0.25, -0.2) is 9.48 Å². The first kappa shape index (κ1) is 29.9. The molecule has 2 atom stereocenters. The Bertz CT molecular complexity index is 1050. The minimum atomic E-state index is -0.119. The van der Waals surface area contributed by atoms with Gasteiger partial charge in [0.25, 0.3) is 5.91 Å². The molecular weight excluding hydrogens is 506 g/mol. The molecule has 2 aliphatic rings. The summed E-state index contributed by atoms with van der Waals surface area (Å²) in [5, 5.41) is 15.0. The number of halogens is 1. The van der Waals surface area contributed by atoms with E-state index < -0.39 is 0 Å². The van der Waals surface area contributed by atoms with Gasteiger partial charge in [-0.05, 0) is 55.7 Å². The number of methoxy groups -OCH3 is 1. The fourth-order valence-corrected chi connectivity index (χ4v) is 5.22. The lowest BCUT2D eigenvalue weighted by molar-refractivity contribution is 0.0543. The van der Waals surface area contributed by atoms with Gasteiger partial charge in [0, 0.05) is 58.5 Å². The highest BCUT2D eigenvalue weighted by Gasteiger charge is 2.36. The first-order chi connectivity index (χ1) is 18.0. The lowest BCUT2D eigenvalue weighted by atomic mass is 9.98. The number of carbonyl (C=O) groups is 2. The summed E-state index contributed by atoms with van der Waals surface area (Å²) >= 11 is 0. The second kappa shape index (κ2) is 14.5. The van der Waals surface area contributed by atoms with Gasteiger partial charge in [-0.1, -0.05) is 31.2 Å². The van der Waals surface area contributed by atoms with Crippen LogP contribution in [-0.2, 0) is 11.2 Å². The second-order valence-electron chi connectivity index (χ2n) is 10.5. The fourth-order valence-electron chi connectivity index (χ4n) is 5.22. The van der Waals surface area contributed by atoms with E-state index in [1.807, 2.05) is 21.9 Å². The van der Waals surface area contributed by atoms with Crippen LogP contribution in [0.4, 0.5) is 4.79 Å². The van der Waals surface area contributed by atoms with Crippen LogP contribution in [0, 0.1) is 5.92 Å². The van der Waals surface area contributed by atoms with E-state index in [-0.39, 0.29) is 36.4 Å². The highest BCUT2D eigenvalue weighted by Crippen LogP contribution is 2.21. The van der Waals surface area contributed by atoms with E-state index in [0.717, 1.165) is 64.0 Å². The van der Waals surface area contributed by atoms with Crippen LogP contribution in [0.25, 0.3) is 5.69 Å². The molecule has 2 saturated heterocycles. The van der Waals surface area contributed by atoms with Crippen LogP contribution in [0.1, 0.15) is 55.6 Å². The summed E-state index contributed by atoms with van der Waals surface area (Å²) in [5.41, 5.74) is 2.45. The summed E-state index contributed by atoms with van der Waals surface area (Å²) in [7, 11) is 1.72. The molecule has 2 N–H and O–H groups in total. The molecule has 0 aliphatic carbocycles.